The molecule has 0 aliphatic carbocycles. The van der Waals surface area contributed by atoms with Crippen LogP contribution in [0.2, 0.25) is 0 Å². The fourth-order valence-corrected chi connectivity index (χ4v) is 2.86. The van der Waals surface area contributed by atoms with Crippen molar-refractivity contribution < 1.29 is 24.1 Å². The van der Waals surface area contributed by atoms with E-state index in [1.54, 1.807) is 12.0 Å². The molecule has 2 N–H and O–H groups in total. The molecule has 0 unspecified atom stereocenters. The summed E-state index contributed by atoms with van der Waals surface area (Å²) in [6.45, 7) is 7.60. The predicted octanol–water partition coefficient (Wildman–Crippen LogP) is -1.42. The van der Waals surface area contributed by atoms with Crippen LogP contribution in [0.15, 0.2) is 24.3 Å². The van der Waals surface area contributed by atoms with Crippen molar-refractivity contribution in [3.63, 3.8) is 0 Å². The third kappa shape index (κ3) is 5.31. The fraction of sp³-hybridized carbons (Fsp3) is 0.588. The summed E-state index contributed by atoms with van der Waals surface area (Å²) in [4.78, 5) is 15.1. The second kappa shape index (κ2) is 8.15. The van der Waals surface area contributed by atoms with Crippen LogP contribution < -0.4 is 14.5 Å². The fourth-order valence-electron chi connectivity index (χ4n) is 2.86. The normalized spacial score (nSPS) is 22.9. The summed E-state index contributed by atoms with van der Waals surface area (Å²) in [5, 5.41) is 0. The topological polar surface area (TPSA) is 44.4 Å². The number of quaternary nitrogens is 2. The highest BCUT2D eigenvalue weighted by Crippen LogP contribution is 2.12. The maximum absolute atomic E-state index is 12.0. The minimum atomic E-state index is -0.156. The average Bonchev–Trinajstić information content (AvgIpc) is 2.50. The highest BCUT2D eigenvalue weighted by molar-refractivity contribution is 5.72. The Hall–Kier alpha value is -1.59. The number of benzene rings is 1. The number of carbonyl (C=O) groups excluding carboxylic acids is 1. The van der Waals surface area contributed by atoms with E-state index in [9.17, 15) is 4.79 Å². The molecule has 1 atom stereocenters. The van der Waals surface area contributed by atoms with Crippen LogP contribution in [0.25, 0.3) is 0 Å². The van der Waals surface area contributed by atoms with Crippen LogP contribution in [0.5, 0.6) is 5.75 Å². The van der Waals surface area contributed by atoms with Crippen LogP contribution in [-0.2, 0) is 16.0 Å². The Labute approximate surface area is 132 Å². The quantitative estimate of drug-likeness (QED) is 0.634. The van der Waals surface area contributed by atoms with Gasteiger partial charge in [-0.25, -0.2) is 0 Å². The van der Waals surface area contributed by atoms with Crippen molar-refractivity contribution in [1.82, 2.24) is 0 Å². The van der Waals surface area contributed by atoms with E-state index in [1.807, 2.05) is 31.2 Å². The van der Waals surface area contributed by atoms with Crippen molar-refractivity contribution >= 4 is 5.97 Å². The maximum Gasteiger partial charge on any atom is 0.310 e. The number of methoxy groups -OCH3 is 1. The van der Waals surface area contributed by atoms with E-state index in [1.165, 1.54) is 18.0 Å². The van der Waals surface area contributed by atoms with E-state index >= 15 is 0 Å². The molecular formula is C17H28N2O3+2. The smallest absolute Gasteiger partial charge is 0.310 e. The lowest BCUT2D eigenvalue weighted by Crippen LogP contribution is -3.27. The molecule has 1 aromatic rings. The number of esters is 1. The zero-order valence-electron chi connectivity index (χ0n) is 13.9. The number of likely N-dealkylation sites (N-methyl/N-ethyl adjacent to an activating group) is 1. The molecule has 122 valence electrons. The first-order chi connectivity index (χ1) is 10.6. The molecule has 1 aliphatic heterocycles. The first kappa shape index (κ1) is 16.8. The number of hydrogen-bond donors (Lipinski definition) is 2. The van der Waals surface area contributed by atoms with Crippen molar-refractivity contribution in [2.24, 2.45) is 0 Å². The Balaban J connectivity index is 1.73. The third-order valence-electron chi connectivity index (χ3n) is 4.23. The van der Waals surface area contributed by atoms with Crippen LogP contribution in [-0.4, -0.2) is 59.0 Å². The van der Waals surface area contributed by atoms with Gasteiger partial charge in [0.2, 0.25) is 0 Å². The summed E-state index contributed by atoms with van der Waals surface area (Å²) in [6, 6.07) is 7.53. The van der Waals surface area contributed by atoms with Gasteiger partial charge in [0.1, 0.15) is 44.6 Å². The zero-order valence-corrected chi connectivity index (χ0v) is 13.9. The first-order valence-corrected chi connectivity index (χ1v) is 8.04. The summed E-state index contributed by atoms with van der Waals surface area (Å²) >= 11 is 0. The van der Waals surface area contributed by atoms with Gasteiger partial charge in [-0.2, -0.15) is 0 Å². The molecule has 22 heavy (non-hydrogen) atoms. The van der Waals surface area contributed by atoms with Crippen molar-refractivity contribution in [2.75, 3.05) is 46.9 Å². The van der Waals surface area contributed by atoms with Crippen LogP contribution in [0.1, 0.15) is 12.5 Å². The van der Waals surface area contributed by atoms with Gasteiger partial charge in [-0.3, -0.25) is 4.79 Å². The molecule has 1 aromatic carbocycles. The lowest BCUT2D eigenvalue weighted by atomic mass is 10.1. The number of piperazine rings is 1. The van der Waals surface area contributed by atoms with Gasteiger partial charge >= 0.3 is 5.97 Å². The van der Waals surface area contributed by atoms with Gasteiger partial charge in [0.15, 0.2) is 0 Å². The number of nitrogens with one attached hydrogen (secondary N) is 2. The summed E-state index contributed by atoms with van der Waals surface area (Å²) in [6.07, 6.45) is 0.287. The molecule has 1 saturated heterocycles. The number of carbonyl (C=O) groups is 1. The average molecular weight is 308 g/mol. The monoisotopic (exact) mass is 308 g/mol. The van der Waals surface area contributed by atoms with E-state index in [2.05, 4.69) is 7.05 Å². The van der Waals surface area contributed by atoms with E-state index in [0.717, 1.165) is 30.9 Å². The number of rotatable bonds is 6. The predicted molar refractivity (Wildman–Crippen MR) is 84.4 cm³/mol. The van der Waals surface area contributed by atoms with Gasteiger partial charge in [0.05, 0.1) is 20.6 Å². The molecule has 0 bridgehead atoms. The standard InChI is InChI=1S/C17H26N2O3/c1-14(13-19-10-8-18(2)9-11-19)22-17(20)12-15-4-6-16(21-3)7-5-15/h4-7,14H,8-13H2,1-3H3/p+2/t14-/m1/s1. The van der Waals surface area contributed by atoms with Crippen LogP contribution in [0.3, 0.4) is 0 Å². The van der Waals surface area contributed by atoms with E-state index in [-0.39, 0.29) is 12.1 Å². The van der Waals surface area contributed by atoms with E-state index < -0.39 is 0 Å². The summed E-state index contributed by atoms with van der Waals surface area (Å²) in [5.74, 6) is 0.642. The largest absolute Gasteiger partial charge is 0.497 e. The summed E-state index contributed by atoms with van der Waals surface area (Å²) in [7, 11) is 3.86. The zero-order chi connectivity index (χ0) is 15.9. The Bertz CT molecular complexity index is 467. The van der Waals surface area contributed by atoms with Crippen molar-refractivity contribution in [2.45, 2.75) is 19.4 Å². The Kier molecular flexibility index (Phi) is 6.21. The number of ether oxygens (including phenoxy) is 2. The number of hydrogen-bond acceptors (Lipinski definition) is 3. The lowest BCUT2D eigenvalue weighted by Gasteiger charge is -2.28. The van der Waals surface area contributed by atoms with Gasteiger partial charge in [-0.05, 0) is 24.6 Å². The van der Waals surface area contributed by atoms with Crippen LogP contribution in [0.4, 0.5) is 0 Å². The van der Waals surface area contributed by atoms with Crippen molar-refractivity contribution in [1.29, 1.82) is 0 Å². The minimum Gasteiger partial charge on any atom is -0.497 e. The van der Waals surface area contributed by atoms with E-state index in [0.29, 0.717) is 6.42 Å². The van der Waals surface area contributed by atoms with Crippen molar-refractivity contribution in [3.8, 4) is 5.75 Å². The van der Waals surface area contributed by atoms with Crippen LogP contribution >= 0.6 is 0 Å². The molecule has 5 heteroatoms. The molecule has 0 aromatic heterocycles. The van der Waals surface area contributed by atoms with Gasteiger partial charge < -0.3 is 19.3 Å². The van der Waals surface area contributed by atoms with Crippen LogP contribution in [0, 0.1) is 0 Å². The van der Waals surface area contributed by atoms with E-state index in [4.69, 9.17) is 9.47 Å². The maximum atomic E-state index is 12.0. The summed E-state index contributed by atoms with van der Waals surface area (Å²) < 4.78 is 10.7. The molecule has 1 fully saturated rings. The highest BCUT2D eigenvalue weighted by Gasteiger charge is 2.23. The Morgan fingerprint density at radius 2 is 1.82 bits per heavy atom. The molecule has 2 rings (SSSR count). The second-order valence-corrected chi connectivity index (χ2v) is 6.24. The molecule has 0 radical (unpaired) electrons. The molecule has 5 nitrogen and oxygen atoms in total. The highest BCUT2D eigenvalue weighted by atomic mass is 16.5. The third-order valence-corrected chi connectivity index (χ3v) is 4.23. The first-order valence-electron chi connectivity index (χ1n) is 8.04. The Morgan fingerprint density at radius 3 is 2.41 bits per heavy atom. The van der Waals surface area contributed by atoms with Gasteiger partial charge in [0, 0.05) is 0 Å². The SMILES string of the molecule is COc1ccc(CC(=O)O[C@H](C)C[NH+]2CC[NH+](C)CC2)cc1. The van der Waals surface area contributed by atoms with Gasteiger partial charge in [-0.15, -0.1) is 0 Å². The van der Waals surface area contributed by atoms with Gasteiger partial charge in [0.25, 0.3) is 0 Å². The summed E-state index contributed by atoms with van der Waals surface area (Å²) in [5.41, 5.74) is 0.952. The lowest BCUT2D eigenvalue weighted by molar-refractivity contribution is -1.00. The molecule has 0 amide bonds. The van der Waals surface area contributed by atoms with Gasteiger partial charge in [-0.1, -0.05) is 12.1 Å². The molecule has 1 aliphatic rings. The Morgan fingerprint density at radius 1 is 1.18 bits per heavy atom. The second-order valence-electron chi connectivity index (χ2n) is 6.24. The minimum absolute atomic E-state index is 0.0286. The molecule has 1 heterocycles. The molecule has 0 saturated carbocycles. The van der Waals surface area contributed by atoms with Crippen molar-refractivity contribution in [3.05, 3.63) is 29.8 Å². The molecular weight excluding hydrogens is 280 g/mol. The molecule has 0 spiro atoms.